The second-order valence-corrected chi connectivity index (χ2v) is 11.3. The van der Waals surface area contributed by atoms with Gasteiger partial charge in [-0.15, -0.1) is 0 Å². The minimum absolute atomic E-state index is 0.0395. The van der Waals surface area contributed by atoms with E-state index >= 15 is 0 Å². The summed E-state index contributed by atoms with van der Waals surface area (Å²) >= 11 is 0. The summed E-state index contributed by atoms with van der Waals surface area (Å²) in [5, 5.41) is 41.0. The van der Waals surface area contributed by atoms with Gasteiger partial charge in [-0.1, -0.05) is 12.5 Å². The van der Waals surface area contributed by atoms with Crippen LogP contribution in [0.25, 0.3) is 0 Å². The third-order valence-electron chi connectivity index (χ3n) is 8.70. The molecule has 236 valence electrons. The van der Waals surface area contributed by atoms with E-state index in [-0.39, 0.29) is 29.6 Å². The highest BCUT2D eigenvalue weighted by atomic mass is 16.6. The van der Waals surface area contributed by atoms with Crippen LogP contribution in [0.5, 0.6) is 11.5 Å². The normalized spacial score (nSPS) is 27.7. The van der Waals surface area contributed by atoms with Crippen molar-refractivity contribution in [1.29, 1.82) is 0 Å². The molecule has 4 N–H and O–H groups in total. The van der Waals surface area contributed by atoms with Gasteiger partial charge < -0.3 is 44.1 Å². The third-order valence-corrected chi connectivity index (χ3v) is 8.70. The number of carbonyl (C=O) groups excluding carboxylic acids is 4. The zero-order valence-corrected chi connectivity index (χ0v) is 23.6. The standard InChI is InChI=1S/C29H30O15/c1-12(30)40-22(23(41-13(2)31)27(38)43-18(25(35)36)11-19(33)34)26(37)42-17-7-9-29(39)15-4-3-8-28(29)20-14(10-15)5-6-16(32)21(20)44-24(17)28/h5-7,15,18,22-24,32,39H,3-4,8-11H2,1-2H3,(H,33,34)(H,35,36)/t15-,18+,22+,23+,24+,28+,29-/m0/s1. The van der Waals surface area contributed by atoms with Gasteiger partial charge in [-0.05, 0) is 49.3 Å². The minimum Gasteiger partial charge on any atom is -0.504 e. The number of aliphatic hydroxyl groups is 1. The molecule has 0 radical (unpaired) electrons. The number of ether oxygens (including phenoxy) is 5. The van der Waals surface area contributed by atoms with Crippen molar-refractivity contribution >= 4 is 35.8 Å². The Kier molecular flexibility index (Phi) is 7.78. The number of phenolic OH excluding ortho intramolecular Hbond substituents is 1. The number of carboxylic acids is 2. The summed E-state index contributed by atoms with van der Waals surface area (Å²) < 4.78 is 26.4. The van der Waals surface area contributed by atoms with Crippen LogP contribution in [0.1, 0.15) is 57.1 Å². The van der Waals surface area contributed by atoms with E-state index in [0.29, 0.717) is 24.8 Å². The second kappa shape index (κ2) is 11.1. The Labute approximate surface area is 249 Å². The van der Waals surface area contributed by atoms with Crippen molar-refractivity contribution in [2.75, 3.05) is 0 Å². The fourth-order valence-corrected chi connectivity index (χ4v) is 7.08. The molecule has 5 rings (SSSR count). The van der Waals surface area contributed by atoms with Gasteiger partial charge in [0.25, 0.3) is 0 Å². The summed E-state index contributed by atoms with van der Waals surface area (Å²) in [6.45, 7) is 1.73. The number of hydrogen-bond donors (Lipinski definition) is 4. The van der Waals surface area contributed by atoms with E-state index < -0.39 is 77.7 Å². The molecule has 1 saturated carbocycles. The maximum Gasteiger partial charge on any atom is 0.357 e. The Balaban J connectivity index is 1.48. The van der Waals surface area contributed by atoms with E-state index in [1.165, 1.54) is 12.1 Å². The predicted octanol–water partition coefficient (Wildman–Crippen LogP) is 0.644. The largest absolute Gasteiger partial charge is 0.504 e. The summed E-state index contributed by atoms with van der Waals surface area (Å²) in [5.74, 6) is -9.17. The molecule has 1 spiro atoms. The predicted molar refractivity (Wildman–Crippen MR) is 140 cm³/mol. The lowest BCUT2D eigenvalue weighted by atomic mass is 9.47. The molecule has 1 heterocycles. The van der Waals surface area contributed by atoms with Crippen LogP contribution in [-0.4, -0.2) is 86.3 Å². The summed E-state index contributed by atoms with van der Waals surface area (Å²) in [6.07, 6.45) is -5.30. The van der Waals surface area contributed by atoms with Gasteiger partial charge in [0.05, 0.1) is 17.4 Å². The Morgan fingerprint density at radius 1 is 1.00 bits per heavy atom. The molecule has 1 aliphatic heterocycles. The van der Waals surface area contributed by atoms with Crippen molar-refractivity contribution in [1.82, 2.24) is 0 Å². The summed E-state index contributed by atoms with van der Waals surface area (Å²) in [7, 11) is 0. The zero-order chi connectivity index (χ0) is 32.1. The van der Waals surface area contributed by atoms with E-state index in [1.54, 1.807) is 6.07 Å². The highest BCUT2D eigenvalue weighted by Crippen LogP contribution is 2.67. The van der Waals surface area contributed by atoms with Crippen LogP contribution in [-0.2, 0) is 59.6 Å². The number of rotatable bonds is 10. The van der Waals surface area contributed by atoms with E-state index in [4.69, 9.17) is 28.8 Å². The molecule has 3 aliphatic carbocycles. The number of benzene rings is 1. The minimum atomic E-state index is -2.38. The Morgan fingerprint density at radius 2 is 1.66 bits per heavy atom. The molecule has 0 saturated heterocycles. The molecular weight excluding hydrogens is 588 g/mol. The van der Waals surface area contributed by atoms with Crippen LogP contribution in [0, 0.1) is 5.92 Å². The van der Waals surface area contributed by atoms with Crippen LogP contribution in [0.4, 0.5) is 0 Å². The maximum absolute atomic E-state index is 13.6. The molecule has 1 fully saturated rings. The number of carboxylic acid groups (broad SMARTS) is 2. The molecule has 1 aromatic rings. The van der Waals surface area contributed by atoms with Crippen LogP contribution < -0.4 is 4.74 Å². The molecule has 2 bridgehead atoms. The van der Waals surface area contributed by atoms with Crippen molar-refractivity contribution in [2.45, 2.75) is 87.8 Å². The van der Waals surface area contributed by atoms with Gasteiger partial charge in [0.1, 0.15) is 5.76 Å². The number of carbonyl (C=O) groups is 6. The van der Waals surface area contributed by atoms with E-state index in [1.807, 2.05) is 0 Å². The molecule has 7 atom stereocenters. The van der Waals surface area contributed by atoms with Gasteiger partial charge >= 0.3 is 35.8 Å². The smallest absolute Gasteiger partial charge is 0.357 e. The Bertz CT molecular complexity index is 1480. The van der Waals surface area contributed by atoms with Crippen molar-refractivity contribution < 1.29 is 72.9 Å². The SMILES string of the molecule is CC(=O)O[C@@H](C(=O)OC1=CC[C@]2(O)[C@H]3CCC[C@]24c2c(ccc(O)c2O[C@H]14)C3)[C@@H](OC(C)=O)C(=O)O[C@H](CC(=O)O)C(=O)O. The number of aliphatic carboxylic acids is 2. The van der Waals surface area contributed by atoms with Crippen molar-refractivity contribution in [3.63, 3.8) is 0 Å². The number of esters is 4. The van der Waals surface area contributed by atoms with Crippen molar-refractivity contribution in [3.05, 3.63) is 35.1 Å². The lowest BCUT2D eigenvalue weighted by molar-refractivity contribution is -0.195. The first-order chi connectivity index (χ1) is 20.7. The average molecular weight is 619 g/mol. The van der Waals surface area contributed by atoms with Gasteiger partial charge in [0.2, 0.25) is 18.3 Å². The monoisotopic (exact) mass is 618 g/mol. The van der Waals surface area contributed by atoms with E-state index in [9.17, 15) is 44.1 Å². The second-order valence-electron chi connectivity index (χ2n) is 11.3. The molecule has 0 unspecified atom stereocenters. The molecule has 0 amide bonds. The maximum atomic E-state index is 13.6. The zero-order valence-electron chi connectivity index (χ0n) is 23.6. The molecule has 0 aromatic heterocycles. The molecule has 15 heteroatoms. The van der Waals surface area contributed by atoms with Crippen molar-refractivity contribution in [2.24, 2.45) is 5.92 Å². The number of hydrogen-bond acceptors (Lipinski definition) is 13. The van der Waals surface area contributed by atoms with Gasteiger partial charge in [0, 0.05) is 19.4 Å². The first-order valence-corrected chi connectivity index (χ1v) is 13.8. The van der Waals surface area contributed by atoms with Crippen LogP contribution in [0.3, 0.4) is 0 Å². The Morgan fingerprint density at radius 3 is 2.27 bits per heavy atom. The topological polar surface area (TPSA) is 229 Å². The molecule has 4 aliphatic rings. The summed E-state index contributed by atoms with van der Waals surface area (Å²) in [6, 6.07) is 3.25. The van der Waals surface area contributed by atoms with Gasteiger partial charge in [-0.25, -0.2) is 14.4 Å². The quantitative estimate of drug-likeness (QED) is 0.208. The summed E-state index contributed by atoms with van der Waals surface area (Å²) in [4.78, 5) is 73.0. The molecule has 15 nitrogen and oxygen atoms in total. The van der Waals surface area contributed by atoms with Crippen LogP contribution in [0.2, 0.25) is 0 Å². The van der Waals surface area contributed by atoms with Crippen molar-refractivity contribution in [3.8, 4) is 11.5 Å². The van der Waals surface area contributed by atoms with Gasteiger partial charge in [-0.2, -0.15) is 0 Å². The van der Waals surface area contributed by atoms with Crippen LogP contribution in [0.15, 0.2) is 24.0 Å². The third kappa shape index (κ3) is 4.90. The highest BCUT2D eigenvalue weighted by molar-refractivity contribution is 5.91. The first kappa shape index (κ1) is 30.8. The highest BCUT2D eigenvalue weighted by Gasteiger charge is 2.71. The molecule has 44 heavy (non-hydrogen) atoms. The van der Waals surface area contributed by atoms with Gasteiger partial charge in [0.15, 0.2) is 17.6 Å². The van der Waals surface area contributed by atoms with E-state index in [0.717, 1.165) is 25.8 Å². The van der Waals surface area contributed by atoms with E-state index in [2.05, 4.69) is 0 Å². The Hall–Kier alpha value is -4.66. The summed E-state index contributed by atoms with van der Waals surface area (Å²) in [5.41, 5.74) is -0.892. The first-order valence-electron chi connectivity index (χ1n) is 13.8. The average Bonchev–Trinajstić information content (AvgIpc) is 3.28. The lowest BCUT2D eigenvalue weighted by Gasteiger charge is -2.59. The molecular formula is C29H30O15. The number of phenols is 1. The fraction of sp³-hybridized carbons (Fsp3) is 0.517. The van der Waals surface area contributed by atoms with Crippen LogP contribution >= 0.6 is 0 Å². The lowest BCUT2D eigenvalue weighted by Crippen LogP contribution is -2.67. The van der Waals surface area contributed by atoms with Gasteiger partial charge in [-0.3, -0.25) is 14.4 Å². The number of aromatic hydroxyl groups is 1. The molecule has 1 aromatic carbocycles. The fourth-order valence-electron chi connectivity index (χ4n) is 7.08.